The van der Waals surface area contributed by atoms with Crippen LogP contribution >= 0.6 is 0 Å². The fourth-order valence-corrected chi connectivity index (χ4v) is 4.13. The minimum atomic E-state index is -4.10. The van der Waals surface area contributed by atoms with Crippen molar-refractivity contribution in [1.82, 2.24) is 0 Å². The van der Waals surface area contributed by atoms with Gasteiger partial charge in [-0.2, -0.15) is 0 Å². The van der Waals surface area contributed by atoms with E-state index in [2.05, 4.69) is 36.4 Å². The Hall–Kier alpha value is 2.76. The Balaban J connectivity index is -0.000000196. The molecule has 41 heavy (non-hydrogen) atoms. The molecule has 0 rings (SSSR count). The Kier molecular flexibility index (Phi) is 48.4. The fraction of sp³-hybridized carbons (Fsp3) is 0.923. The van der Waals surface area contributed by atoms with Crippen molar-refractivity contribution in [1.29, 1.82) is 0 Å². The summed E-state index contributed by atoms with van der Waals surface area (Å²) in [6, 6.07) is 0. The van der Waals surface area contributed by atoms with Crippen molar-refractivity contribution < 1.29 is 137 Å². The van der Waals surface area contributed by atoms with Gasteiger partial charge in [0.1, 0.15) is 0 Å². The van der Waals surface area contributed by atoms with E-state index in [-0.39, 0.29) is 105 Å². The van der Waals surface area contributed by atoms with E-state index in [0.29, 0.717) is 13.2 Å². The second kappa shape index (κ2) is 37.2. The molecule has 10 nitrogen and oxygen atoms in total. The molecule has 2 unspecified atom stereocenters. The summed E-state index contributed by atoms with van der Waals surface area (Å²) in [5.41, 5.74) is 0. The van der Waals surface area contributed by atoms with E-state index in [4.69, 9.17) is 9.47 Å². The Morgan fingerprint density at radius 1 is 0.537 bits per heavy atom. The Labute approximate surface area is 321 Å². The second-order valence-electron chi connectivity index (χ2n) is 9.47. The van der Waals surface area contributed by atoms with E-state index in [1.165, 1.54) is 77.0 Å². The monoisotopic (exact) mass is 723 g/mol. The summed E-state index contributed by atoms with van der Waals surface area (Å²) in [5.74, 6) is 0. The first kappa shape index (κ1) is 53.3. The molecule has 0 heterocycles. The Morgan fingerprint density at radius 3 is 1.02 bits per heavy atom. The van der Waals surface area contributed by atoms with Gasteiger partial charge in [-0.15, -0.1) is 0 Å². The maximum Gasteiger partial charge on any atom is 1.00 e. The summed E-state index contributed by atoms with van der Waals surface area (Å²) in [6.07, 6.45) is 19.2. The number of hydrogen-bond donors (Lipinski definition) is 0. The first-order chi connectivity index (χ1) is 18.1. The zero-order valence-corrected chi connectivity index (χ0v) is 34.7. The van der Waals surface area contributed by atoms with Crippen LogP contribution in [0.2, 0.25) is 0 Å². The molecule has 1 radical (unpaired) electrons. The van der Waals surface area contributed by atoms with Crippen LogP contribution < -0.4 is 69.6 Å². The van der Waals surface area contributed by atoms with Crippen LogP contribution in [0.1, 0.15) is 117 Å². The van der Waals surface area contributed by atoms with E-state index in [1.54, 1.807) is 0 Å². The molecular weight excluding hydrogens is 671 g/mol. The quantitative estimate of drug-likeness (QED) is 0.0321. The molecule has 0 bridgehead atoms. The second-order valence-corrected chi connectivity index (χ2v) is 13.0. The first-order valence-corrected chi connectivity index (χ1v) is 16.9. The number of hydrogen-bond acceptors (Lipinski definition) is 10. The molecule has 0 N–H and O–H groups in total. The van der Waals surface area contributed by atoms with E-state index in [1.807, 2.05) is 0 Å². The molecule has 0 aliphatic rings. The van der Waals surface area contributed by atoms with Crippen molar-refractivity contribution >= 4 is 20.2 Å². The van der Waals surface area contributed by atoms with Gasteiger partial charge in [-0.3, -0.25) is 0 Å². The van der Waals surface area contributed by atoms with Crippen molar-refractivity contribution in [3.8, 4) is 0 Å². The summed E-state index contributed by atoms with van der Waals surface area (Å²) in [6.45, 7) is 11.8. The maximum absolute atomic E-state index is 10.9. The van der Waals surface area contributed by atoms with Crippen molar-refractivity contribution in [3.63, 3.8) is 0 Å². The summed E-state index contributed by atoms with van der Waals surface area (Å²) in [4.78, 5) is 0. The topological polar surface area (TPSA) is 151 Å². The molecule has 2 atom stereocenters. The number of unbranched alkanes of at least 4 members (excludes halogenated alkanes) is 14. The molecule has 0 saturated carbocycles. The predicted molar refractivity (Wildman–Crippen MR) is 145 cm³/mol. The SMILES string of the molecule is [CH2-]C(COCCCCCCCCCC)S(=O)(=O)O[O-].[CH2-]C(COCCCCCCCCCC)S(=O)(=O)O[O-].[Na+].[Na+].[Y]. The van der Waals surface area contributed by atoms with Gasteiger partial charge in [0, 0.05) is 59.1 Å². The van der Waals surface area contributed by atoms with Crippen LogP contribution in [0.4, 0.5) is 0 Å². The van der Waals surface area contributed by atoms with E-state index in [9.17, 15) is 27.4 Å². The first-order valence-electron chi connectivity index (χ1n) is 14.0. The van der Waals surface area contributed by atoms with Crippen LogP contribution in [0, 0.1) is 13.8 Å². The molecule has 0 aromatic heterocycles. The van der Waals surface area contributed by atoms with Gasteiger partial charge in [-0.05, 0) is 23.3 Å². The summed E-state index contributed by atoms with van der Waals surface area (Å²) < 4.78 is 60.2. The molecule has 0 saturated heterocycles. The van der Waals surface area contributed by atoms with Gasteiger partial charge >= 0.3 is 59.1 Å². The van der Waals surface area contributed by atoms with E-state index in [0.717, 1.165) is 25.7 Å². The van der Waals surface area contributed by atoms with Crippen LogP contribution in [0.5, 0.6) is 0 Å². The van der Waals surface area contributed by atoms with Crippen LogP contribution in [-0.2, 0) is 71.1 Å². The minimum absolute atomic E-state index is 0. The zero-order valence-electron chi connectivity index (χ0n) is 26.2. The molecule has 235 valence electrons. The summed E-state index contributed by atoms with van der Waals surface area (Å²) in [5, 5.41) is 17.5. The zero-order chi connectivity index (χ0) is 29.1. The van der Waals surface area contributed by atoms with Crippen molar-refractivity contribution in [2.24, 2.45) is 0 Å². The molecule has 0 aromatic rings. The van der Waals surface area contributed by atoms with Crippen molar-refractivity contribution in [2.75, 3.05) is 26.4 Å². The molecule has 0 amide bonds. The van der Waals surface area contributed by atoms with Crippen LogP contribution in [0.3, 0.4) is 0 Å². The molecule has 0 aromatic carbocycles. The average Bonchev–Trinajstić information content (AvgIpc) is 2.90. The van der Waals surface area contributed by atoms with Gasteiger partial charge in [0.25, 0.3) is 0 Å². The third kappa shape index (κ3) is 35.5. The summed E-state index contributed by atoms with van der Waals surface area (Å²) >= 11 is 0. The van der Waals surface area contributed by atoms with Gasteiger partial charge in [0.15, 0.2) is 0 Å². The van der Waals surface area contributed by atoms with Crippen molar-refractivity contribution in [2.45, 2.75) is 127 Å². The smallest absolute Gasteiger partial charge is 0.707 e. The molecule has 0 fully saturated rings. The summed E-state index contributed by atoms with van der Waals surface area (Å²) in [7, 11) is -8.20. The molecule has 0 aliphatic heterocycles. The van der Waals surface area contributed by atoms with Crippen molar-refractivity contribution in [3.05, 3.63) is 13.8 Å². The third-order valence-corrected chi connectivity index (χ3v) is 8.18. The Morgan fingerprint density at radius 2 is 0.780 bits per heavy atom. The minimum Gasteiger partial charge on any atom is -0.707 e. The predicted octanol–water partition coefficient (Wildman–Crippen LogP) is -2.06. The Bertz CT molecular complexity index is 657. The van der Waals surface area contributed by atoms with Gasteiger partial charge in [0.05, 0.1) is 0 Å². The average molecular weight is 724 g/mol. The molecular formula is C26H52Na2O10S2Y-2. The molecule has 0 spiro atoms. The van der Waals surface area contributed by atoms with E-state index >= 15 is 0 Å². The van der Waals surface area contributed by atoms with Crippen LogP contribution in [-0.4, -0.2) is 53.8 Å². The molecule has 15 heteroatoms. The number of ether oxygens (including phenoxy) is 2. The van der Waals surface area contributed by atoms with Gasteiger partial charge in [-0.25, -0.2) is 16.8 Å². The largest absolute Gasteiger partial charge is 1.00 e. The normalized spacial score (nSPS) is 12.6. The maximum atomic E-state index is 10.9. The van der Waals surface area contributed by atoms with E-state index < -0.39 is 30.7 Å². The fourth-order valence-electron chi connectivity index (χ4n) is 3.38. The molecule has 0 aliphatic carbocycles. The van der Waals surface area contributed by atoms with Gasteiger partial charge < -0.3 is 42.5 Å². The standard InChI is InChI=1S/2C13H27O5S.2Na.Y/c2*1-3-4-5-6-7-8-9-10-11-17-12-13(2)19(15,16)18-14;;;/h2*13-14H,2-12H2,1H3;;;/q2*-1;2*+1;/p-2. The van der Waals surface area contributed by atoms with Crippen LogP contribution in [0.15, 0.2) is 0 Å². The van der Waals surface area contributed by atoms with Crippen LogP contribution in [0.25, 0.3) is 0 Å². The third-order valence-electron chi connectivity index (χ3n) is 5.90. The van der Waals surface area contributed by atoms with Gasteiger partial charge in [-0.1, -0.05) is 104 Å². The number of rotatable bonds is 26. The van der Waals surface area contributed by atoms with Gasteiger partial charge in [0.2, 0.25) is 20.2 Å².